The molecule has 2 N–H and O–H groups in total. The van der Waals surface area contributed by atoms with Gasteiger partial charge in [-0.15, -0.1) is 11.8 Å². The van der Waals surface area contributed by atoms with Gasteiger partial charge in [-0.3, -0.25) is 0 Å². The van der Waals surface area contributed by atoms with Crippen LogP contribution in [0.15, 0.2) is 71.6 Å². The maximum atomic E-state index is 13.3. The molecule has 0 atom stereocenters. The molecule has 1 aliphatic carbocycles. The fraction of sp³-hybridized carbons (Fsp3) is 0.310. The van der Waals surface area contributed by atoms with Crippen molar-refractivity contribution in [3.63, 3.8) is 0 Å². The van der Waals surface area contributed by atoms with Crippen LogP contribution in [-0.4, -0.2) is 39.9 Å². The average molecular weight is 518 g/mol. The van der Waals surface area contributed by atoms with Gasteiger partial charge in [0.2, 0.25) is 0 Å². The summed E-state index contributed by atoms with van der Waals surface area (Å²) in [5.74, 6) is 0.0521. The number of carbonyl (C=O) groups excluding carboxylic acids is 1. The molecule has 1 heterocycles. The number of aromatic nitrogens is 1. The van der Waals surface area contributed by atoms with Gasteiger partial charge in [-0.2, -0.15) is 0 Å². The second kappa shape index (κ2) is 9.79. The minimum atomic E-state index is -0.272. The molecule has 0 bridgehead atoms. The van der Waals surface area contributed by atoms with E-state index in [1.165, 1.54) is 33.6 Å². The summed E-state index contributed by atoms with van der Waals surface area (Å²) in [5.41, 5.74) is 11.7. The number of hydrogen-bond donors (Lipinski definition) is 1. The van der Waals surface area contributed by atoms with Gasteiger partial charge in [-0.25, -0.2) is 9.78 Å². The molecule has 5 nitrogen and oxygen atoms in total. The Labute approximate surface area is 220 Å². The summed E-state index contributed by atoms with van der Waals surface area (Å²) in [6.07, 6.45) is -0.272. The van der Waals surface area contributed by atoms with Gasteiger partial charge in [0, 0.05) is 28.1 Å². The van der Waals surface area contributed by atoms with E-state index < -0.39 is 0 Å². The van der Waals surface area contributed by atoms with E-state index in [0.717, 1.165) is 15.1 Å². The summed E-state index contributed by atoms with van der Waals surface area (Å²) < 4.78 is 6.83. The molecule has 3 aromatic carbocycles. The Kier molecular flexibility index (Phi) is 6.70. The molecule has 5 rings (SSSR count). The molecule has 0 radical (unpaired) electrons. The lowest BCUT2D eigenvalue weighted by Crippen LogP contribution is -2.45. The molecule has 0 unspecified atom stereocenters. The molecule has 0 spiro atoms. The van der Waals surface area contributed by atoms with Crippen molar-refractivity contribution < 1.29 is 9.53 Å². The summed E-state index contributed by atoms with van der Waals surface area (Å²) >= 11 is 3.24. The average Bonchev–Trinajstić information content (AvgIpc) is 3.37. The number of nitrogens with two attached hydrogens (primary N) is 1. The van der Waals surface area contributed by atoms with Crippen molar-refractivity contribution in [3.8, 4) is 11.1 Å². The topological polar surface area (TPSA) is 68.5 Å². The Balaban J connectivity index is 1.28. The third-order valence-corrected chi connectivity index (χ3v) is 8.53. The van der Waals surface area contributed by atoms with Gasteiger partial charge in [-0.05, 0) is 68.1 Å². The van der Waals surface area contributed by atoms with Gasteiger partial charge in [0.1, 0.15) is 6.61 Å². The van der Waals surface area contributed by atoms with Crippen LogP contribution in [0.3, 0.4) is 0 Å². The predicted octanol–water partition coefficient (Wildman–Crippen LogP) is 7.41. The molecule has 4 aromatic rings. The third-order valence-electron chi connectivity index (χ3n) is 6.52. The lowest BCUT2D eigenvalue weighted by molar-refractivity contribution is 0.0864. The zero-order valence-corrected chi connectivity index (χ0v) is 22.7. The highest BCUT2D eigenvalue weighted by molar-refractivity contribution is 8.00. The van der Waals surface area contributed by atoms with E-state index in [-0.39, 0.29) is 22.8 Å². The zero-order valence-electron chi connectivity index (χ0n) is 21.0. The molecule has 7 heteroatoms. The van der Waals surface area contributed by atoms with Crippen LogP contribution < -0.4 is 5.73 Å². The number of nitrogen functional groups attached to an aromatic ring is 1. The number of anilines is 1. The van der Waals surface area contributed by atoms with Crippen LogP contribution >= 0.6 is 23.1 Å². The van der Waals surface area contributed by atoms with Crippen molar-refractivity contribution in [2.45, 2.75) is 49.3 Å². The number of ether oxygens (including phenoxy) is 1. The van der Waals surface area contributed by atoms with Gasteiger partial charge in [0.05, 0.1) is 10.2 Å². The molecule has 1 amide bonds. The van der Waals surface area contributed by atoms with Crippen molar-refractivity contribution in [2.24, 2.45) is 0 Å². The second-order valence-electron chi connectivity index (χ2n) is 10.1. The van der Waals surface area contributed by atoms with Crippen molar-refractivity contribution >= 4 is 44.5 Å². The quantitative estimate of drug-likeness (QED) is 0.259. The van der Waals surface area contributed by atoms with E-state index >= 15 is 0 Å². The molecule has 36 heavy (non-hydrogen) atoms. The molecule has 186 valence electrons. The molecular weight excluding hydrogens is 486 g/mol. The molecule has 1 aliphatic rings. The van der Waals surface area contributed by atoms with Crippen LogP contribution in [0.25, 0.3) is 21.3 Å². The van der Waals surface area contributed by atoms with Crippen molar-refractivity contribution in [3.05, 3.63) is 77.9 Å². The van der Waals surface area contributed by atoms with Crippen LogP contribution in [0.4, 0.5) is 9.93 Å². The Morgan fingerprint density at radius 3 is 2.36 bits per heavy atom. The Morgan fingerprint density at radius 2 is 1.72 bits per heavy atom. The van der Waals surface area contributed by atoms with E-state index in [0.29, 0.717) is 18.3 Å². The number of carbonyl (C=O) groups is 1. The van der Waals surface area contributed by atoms with Gasteiger partial charge >= 0.3 is 6.09 Å². The van der Waals surface area contributed by atoms with Crippen LogP contribution in [0.2, 0.25) is 0 Å². The van der Waals surface area contributed by atoms with Crippen molar-refractivity contribution in [1.29, 1.82) is 0 Å². The van der Waals surface area contributed by atoms with Crippen LogP contribution in [0.5, 0.6) is 0 Å². The van der Waals surface area contributed by atoms with Gasteiger partial charge in [0.25, 0.3) is 0 Å². The molecule has 0 saturated heterocycles. The standard InChI is InChI=1S/C29H31N3O2S2/c1-18(2)32(17-29(3,4)36-19-13-14-25-26(15-19)35-27(30)31-25)28(33)34-16-24-22-11-7-5-9-20(22)21-10-6-8-12-23(21)24/h5-15,18,24H,16-17H2,1-4H3,(H2,30,31). The number of fused-ring (bicyclic) bond motifs is 4. The van der Waals surface area contributed by atoms with Gasteiger partial charge in [-0.1, -0.05) is 59.9 Å². The highest BCUT2D eigenvalue weighted by Crippen LogP contribution is 2.44. The Morgan fingerprint density at radius 1 is 1.08 bits per heavy atom. The first kappa shape index (κ1) is 24.7. The normalized spacial score (nSPS) is 13.1. The van der Waals surface area contributed by atoms with Crippen LogP contribution in [-0.2, 0) is 4.74 Å². The van der Waals surface area contributed by atoms with E-state index in [1.807, 2.05) is 24.8 Å². The number of nitrogens with zero attached hydrogens (tertiary/aromatic N) is 2. The van der Waals surface area contributed by atoms with Crippen molar-refractivity contribution in [1.82, 2.24) is 9.88 Å². The van der Waals surface area contributed by atoms with Gasteiger partial charge < -0.3 is 15.4 Å². The van der Waals surface area contributed by atoms with Crippen LogP contribution in [0, 0.1) is 0 Å². The largest absolute Gasteiger partial charge is 0.448 e. The summed E-state index contributed by atoms with van der Waals surface area (Å²) in [6.45, 7) is 9.29. The number of amides is 1. The monoisotopic (exact) mass is 517 g/mol. The molecule has 0 fully saturated rings. The first-order valence-corrected chi connectivity index (χ1v) is 13.8. The van der Waals surface area contributed by atoms with E-state index in [4.69, 9.17) is 10.5 Å². The second-order valence-corrected chi connectivity index (χ2v) is 12.9. The highest BCUT2D eigenvalue weighted by Gasteiger charge is 2.32. The molecule has 0 aliphatic heterocycles. The Bertz CT molecular complexity index is 1370. The van der Waals surface area contributed by atoms with E-state index in [2.05, 4.69) is 79.5 Å². The van der Waals surface area contributed by atoms with Crippen molar-refractivity contribution in [2.75, 3.05) is 18.9 Å². The third kappa shape index (κ3) is 4.95. The lowest BCUT2D eigenvalue weighted by Gasteiger charge is -2.34. The fourth-order valence-corrected chi connectivity index (χ4v) is 6.89. The number of hydrogen-bond acceptors (Lipinski definition) is 6. The first-order chi connectivity index (χ1) is 17.2. The number of thioether (sulfide) groups is 1. The lowest BCUT2D eigenvalue weighted by atomic mass is 9.98. The summed E-state index contributed by atoms with van der Waals surface area (Å²) in [6, 6.07) is 23.0. The minimum absolute atomic E-state index is 0.0179. The maximum absolute atomic E-state index is 13.3. The summed E-state index contributed by atoms with van der Waals surface area (Å²) in [7, 11) is 0. The molecule has 1 aromatic heterocycles. The fourth-order valence-electron chi connectivity index (χ4n) is 4.88. The van der Waals surface area contributed by atoms with E-state index in [1.54, 1.807) is 11.8 Å². The zero-order chi connectivity index (χ0) is 25.4. The first-order valence-electron chi connectivity index (χ1n) is 12.2. The number of benzene rings is 3. The number of rotatable bonds is 7. The summed E-state index contributed by atoms with van der Waals surface area (Å²) in [5, 5.41) is 0.577. The SMILES string of the molecule is CC(C)N(CC(C)(C)Sc1ccc2nc(N)sc2c1)C(=O)OCC1c2ccccc2-c2ccccc21. The summed E-state index contributed by atoms with van der Waals surface area (Å²) in [4.78, 5) is 20.7. The van der Waals surface area contributed by atoms with Crippen LogP contribution in [0.1, 0.15) is 44.7 Å². The maximum Gasteiger partial charge on any atom is 0.410 e. The Hall–Kier alpha value is -3.03. The minimum Gasteiger partial charge on any atom is -0.448 e. The number of thiazole rings is 1. The smallest absolute Gasteiger partial charge is 0.410 e. The molecule has 0 saturated carbocycles. The predicted molar refractivity (Wildman–Crippen MR) is 151 cm³/mol. The van der Waals surface area contributed by atoms with E-state index in [9.17, 15) is 4.79 Å². The highest BCUT2D eigenvalue weighted by atomic mass is 32.2. The van der Waals surface area contributed by atoms with Gasteiger partial charge in [0.15, 0.2) is 5.13 Å². The molecular formula is C29H31N3O2S2.